The van der Waals surface area contributed by atoms with Gasteiger partial charge in [0.15, 0.2) is 0 Å². The number of hydrogen-bond donors (Lipinski definition) is 0. The van der Waals surface area contributed by atoms with E-state index in [0.717, 1.165) is 4.90 Å². The van der Waals surface area contributed by atoms with Crippen molar-refractivity contribution in [1.29, 1.82) is 0 Å². The van der Waals surface area contributed by atoms with Gasteiger partial charge in [-0.15, -0.1) is 0 Å². The highest BCUT2D eigenvalue weighted by Gasteiger charge is 2.01. The average molecular weight is 217 g/mol. The van der Waals surface area contributed by atoms with Gasteiger partial charge in [-0.25, -0.2) is 0 Å². The molecular weight excluding hydrogens is 196 g/mol. The topological polar surface area (TPSA) is 16.1 Å². The molecule has 0 aliphatic heterocycles. The van der Waals surface area contributed by atoms with E-state index in [2.05, 4.69) is 4.98 Å². The second kappa shape index (κ2) is 5.42. The van der Waals surface area contributed by atoms with Crippen molar-refractivity contribution in [1.82, 2.24) is 9.88 Å². The van der Waals surface area contributed by atoms with Gasteiger partial charge in [-0.05, 0) is 24.7 Å². The molecule has 0 saturated heterocycles. The molecule has 0 spiro atoms. The maximum absolute atomic E-state index is 8.21. The molecule has 1 aromatic heterocycles. The summed E-state index contributed by atoms with van der Waals surface area (Å²) < 4.78 is 40.3. The van der Waals surface area contributed by atoms with Crippen molar-refractivity contribution < 1.29 is 6.85 Å². The van der Waals surface area contributed by atoms with Gasteiger partial charge in [0.1, 0.15) is 0 Å². The summed E-state index contributed by atoms with van der Waals surface area (Å²) in [5.41, 5.74) is 0.371. The van der Waals surface area contributed by atoms with Crippen LogP contribution < -0.4 is 0 Å². The maximum atomic E-state index is 8.21. The van der Waals surface area contributed by atoms with E-state index < -0.39 is 13.0 Å². The van der Waals surface area contributed by atoms with Crippen LogP contribution in [0.2, 0.25) is 0 Å². The molecule has 0 N–H and O–H groups in total. The summed E-state index contributed by atoms with van der Waals surface area (Å²) in [6.07, 6.45) is -0.0509. The fourth-order valence-corrected chi connectivity index (χ4v) is 1.29. The minimum absolute atomic E-state index is 0.0114. The number of nitrogens with zero attached hydrogens (tertiary/aromatic N) is 2. The van der Waals surface area contributed by atoms with E-state index in [9.17, 15) is 0 Å². The lowest BCUT2D eigenvalue weighted by Gasteiger charge is -2.15. The zero-order valence-electron chi connectivity index (χ0n) is 14.0. The van der Waals surface area contributed by atoms with Gasteiger partial charge in [0.25, 0.3) is 0 Å². The standard InChI is InChI=1S/C14H16N2/c1-16(11-13-7-3-2-4-8-13)12-14-9-5-6-10-15-14/h2-10H,11-12H2,1H3/i10D,11D2,12D2. The van der Waals surface area contributed by atoms with Crippen LogP contribution in [0.25, 0.3) is 0 Å². The molecule has 0 radical (unpaired) electrons. The molecule has 0 unspecified atom stereocenters. The minimum atomic E-state index is -2.14. The molecule has 2 rings (SSSR count). The first-order valence-corrected chi connectivity index (χ1v) is 5.00. The largest absolute Gasteiger partial charge is 0.296 e. The molecule has 0 aliphatic carbocycles. The van der Waals surface area contributed by atoms with Crippen molar-refractivity contribution >= 4 is 0 Å². The summed E-state index contributed by atoms with van der Waals surface area (Å²) in [6, 6.07) is 12.9. The predicted molar refractivity (Wildman–Crippen MR) is 65.9 cm³/mol. The van der Waals surface area contributed by atoms with Gasteiger partial charge in [-0.2, -0.15) is 0 Å². The Morgan fingerprint density at radius 2 is 1.88 bits per heavy atom. The van der Waals surface area contributed by atoms with E-state index in [1.807, 2.05) is 0 Å². The van der Waals surface area contributed by atoms with Crippen LogP contribution in [-0.4, -0.2) is 16.9 Å². The summed E-state index contributed by atoms with van der Waals surface area (Å²) in [7, 11) is 1.37. The van der Waals surface area contributed by atoms with Crippen LogP contribution in [-0.2, 0) is 13.0 Å². The predicted octanol–water partition coefficient (Wildman–Crippen LogP) is 2.71. The fourth-order valence-electron chi connectivity index (χ4n) is 1.29. The Hall–Kier alpha value is -1.67. The fraction of sp³-hybridized carbons (Fsp3) is 0.214. The van der Waals surface area contributed by atoms with Gasteiger partial charge >= 0.3 is 0 Å². The number of benzene rings is 1. The van der Waals surface area contributed by atoms with Crippen molar-refractivity contribution in [2.75, 3.05) is 7.05 Å². The molecule has 0 fully saturated rings. The highest BCUT2D eigenvalue weighted by molar-refractivity contribution is 5.14. The molecular formula is C14H16N2. The van der Waals surface area contributed by atoms with E-state index >= 15 is 0 Å². The van der Waals surface area contributed by atoms with Gasteiger partial charge in [0, 0.05) is 24.6 Å². The van der Waals surface area contributed by atoms with Gasteiger partial charge in [-0.1, -0.05) is 36.4 Å². The lowest BCUT2D eigenvalue weighted by atomic mass is 10.2. The van der Waals surface area contributed by atoms with E-state index in [4.69, 9.17) is 6.85 Å². The van der Waals surface area contributed by atoms with Crippen LogP contribution in [0.1, 0.15) is 18.1 Å². The summed E-state index contributed by atoms with van der Waals surface area (Å²) in [6.45, 7) is -4.15. The SMILES string of the molecule is [2H]c1cccc(C([2H])([2H])N(C)C([2H])([2H])c2ccccc2)n1. The molecule has 0 bridgehead atoms. The molecule has 2 nitrogen and oxygen atoms in total. The van der Waals surface area contributed by atoms with Gasteiger partial charge in [0.2, 0.25) is 0 Å². The smallest absolute Gasteiger partial charge is 0.0840 e. The molecule has 2 heteroatoms. The number of pyridine rings is 1. The van der Waals surface area contributed by atoms with E-state index in [1.54, 1.807) is 30.3 Å². The summed E-state index contributed by atoms with van der Waals surface area (Å²) in [4.78, 5) is 4.84. The Labute approximate surface area is 104 Å². The summed E-state index contributed by atoms with van der Waals surface area (Å²) in [5, 5.41) is 0. The van der Waals surface area contributed by atoms with Crippen molar-refractivity contribution in [3.63, 3.8) is 0 Å². The zero-order valence-corrected chi connectivity index (χ0v) is 9.01. The first-order chi connectivity index (χ1) is 9.76. The molecule has 0 aliphatic rings. The first-order valence-electron chi connectivity index (χ1n) is 7.50. The van der Waals surface area contributed by atoms with Crippen molar-refractivity contribution in [2.45, 2.75) is 13.0 Å². The van der Waals surface area contributed by atoms with Crippen LogP contribution in [0, 0.1) is 0 Å². The average Bonchev–Trinajstić information content (AvgIpc) is 2.47. The van der Waals surface area contributed by atoms with E-state index in [0.29, 0.717) is 5.56 Å². The molecule has 0 atom stereocenters. The summed E-state index contributed by atoms with van der Waals surface area (Å²) in [5.74, 6) is 0. The van der Waals surface area contributed by atoms with Gasteiger partial charge < -0.3 is 0 Å². The third-order valence-corrected chi connectivity index (χ3v) is 1.96. The van der Waals surface area contributed by atoms with Crippen molar-refractivity contribution in [3.05, 3.63) is 66.0 Å². The summed E-state index contributed by atoms with van der Waals surface area (Å²) >= 11 is 0. The molecule has 0 amide bonds. The highest BCUT2D eigenvalue weighted by atomic mass is 15.1. The highest BCUT2D eigenvalue weighted by Crippen LogP contribution is 2.05. The molecule has 1 aromatic carbocycles. The zero-order chi connectivity index (χ0) is 15.7. The number of rotatable bonds is 4. The Bertz CT molecular complexity index is 616. The Kier molecular flexibility index (Phi) is 2.09. The molecule has 1 heterocycles. The van der Waals surface area contributed by atoms with E-state index in [-0.39, 0.29) is 11.9 Å². The normalized spacial score (nSPS) is 17.0. The molecule has 16 heavy (non-hydrogen) atoms. The van der Waals surface area contributed by atoms with Gasteiger partial charge in [0.05, 0.1) is 7.06 Å². The molecule has 0 saturated carbocycles. The second-order valence-corrected chi connectivity index (χ2v) is 3.30. The molecule has 82 valence electrons. The van der Waals surface area contributed by atoms with Crippen molar-refractivity contribution in [3.8, 4) is 0 Å². The maximum Gasteiger partial charge on any atom is 0.0840 e. The van der Waals surface area contributed by atoms with Crippen LogP contribution in [0.15, 0.2) is 54.7 Å². The second-order valence-electron chi connectivity index (χ2n) is 3.30. The lowest BCUT2D eigenvalue weighted by molar-refractivity contribution is 0.315. The van der Waals surface area contributed by atoms with Crippen LogP contribution in [0.3, 0.4) is 0 Å². The van der Waals surface area contributed by atoms with Crippen LogP contribution in [0.5, 0.6) is 0 Å². The minimum Gasteiger partial charge on any atom is -0.296 e. The van der Waals surface area contributed by atoms with Crippen LogP contribution in [0.4, 0.5) is 0 Å². The quantitative estimate of drug-likeness (QED) is 0.783. The third kappa shape index (κ3) is 3.17. The lowest BCUT2D eigenvalue weighted by Crippen LogP contribution is -2.17. The van der Waals surface area contributed by atoms with Gasteiger partial charge in [-0.3, -0.25) is 9.88 Å². The molecule has 2 aromatic rings. The first kappa shape index (κ1) is 6.16. The Morgan fingerprint density at radius 3 is 2.62 bits per heavy atom. The number of hydrogen-bond acceptors (Lipinski definition) is 2. The van der Waals surface area contributed by atoms with Crippen molar-refractivity contribution in [2.24, 2.45) is 0 Å². The Balaban J connectivity index is 2.40. The van der Waals surface area contributed by atoms with E-state index in [1.165, 1.54) is 25.2 Å². The Morgan fingerprint density at radius 1 is 1.12 bits per heavy atom. The van der Waals surface area contributed by atoms with Crippen LogP contribution >= 0.6 is 0 Å². The number of aromatic nitrogens is 1. The third-order valence-electron chi connectivity index (χ3n) is 1.96. The monoisotopic (exact) mass is 217 g/mol.